The smallest absolute Gasteiger partial charge is 0.142 e. The fourth-order valence-corrected chi connectivity index (χ4v) is 4.61. The molecule has 1 N–H and O–H groups in total. The zero-order chi connectivity index (χ0) is 22.2. The summed E-state index contributed by atoms with van der Waals surface area (Å²) in [6.07, 6.45) is 2.23. The lowest BCUT2D eigenvalue weighted by molar-refractivity contribution is 0.0106. The van der Waals surface area contributed by atoms with E-state index < -0.39 is 0 Å². The number of nitrogens with zero attached hydrogens (tertiary/aromatic N) is 1. The predicted octanol–water partition coefficient (Wildman–Crippen LogP) is 3.98. The van der Waals surface area contributed by atoms with Gasteiger partial charge in [0.05, 0.1) is 31.5 Å². The van der Waals surface area contributed by atoms with Crippen molar-refractivity contribution in [2.75, 3.05) is 58.0 Å². The number of ether oxygens (including phenoxy) is 4. The molecule has 1 fully saturated rings. The SMILES string of the molecule is CCOc1ccc([C@H]2CCNC[C@@H]2OCc2ccc3c(c2)N(CCCOC)CCO3)cc1. The zero-order valence-corrected chi connectivity index (χ0v) is 19.3. The zero-order valence-electron chi connectivity index (χ0n) is 19.3. The van der Waals surface area contributed by atoms with Crippen molar-refractivity contribution in [1.29, 1.82) is 0 Å². The first-order valence-electron chi connectivity index (χ1n) is 11.8. The summed E-state index contributed by atoms with van der Waals surface area (Å²) in [6, 6.07) is 14.9. The maximum absolute atomic E-state index is 6.47. The summed E-state index contributed by atoms with van der Waals surface area (Å²) < 4.78 is 23.2. The summed E-state index contributed by atoms with van der Waals surface area (Å²) in [4.78, 5) is 2.40. The highest BCUT2D eigenvalue weighted by molar-refractivity contribution is 5.61. The monoisotopic (exact) mass is 440 g/mol. The summed E-state index contributed by atoms with van der Waals surface area (Å²) in [5.41, 5.74) is 3.67. The second kappa shape index (κ2) is 11.5. The summed E-state index contributed by atoms with van der Waals surface area (Å²) in [7, 11) is 1.75. The number of fused-ring (bicyclic) bond motifs is 1. The van der Waals surface area contributed by atoms with Gasteiger partial charge in [-0.3, -0.25) is 0 Å². The van der Waals surface area contributed by atoms with E-state index in [2.05, 4.69) is 52.7 Å². The molecule has 6 nitrogen and oxygen atoms in total. The molecule has 0 radical (unpaired) electrons. The number of hydrogen-bond acceptors (Lipinski definition) is 6. The van der Waals surface area contributed by atoms with Gasteiger partial charge in [0.25, 0.3) is 0 Å². The average molecular weight is 441 g/mol. The highest BCUT2D eigenvalue weighted by Gasteiger charge is 2.27. The molecule has 0 amide bonds. The molecule has 174 valence electrons. The predicted molar refractivity (Wildman–Crippen MR) is 127 cm³/mol. The van der Waals surface area contributed by atoms with Gasteiger partial charge in [-0.1, -0.05) is 18.2 Å². The van der Waals surface area contributed by atoms with Crippen molar-refractivity contribution in [1.82, 2.24) is 5.32 Å². The van der Waals surface area contributed by atoms with Crippen LogP contribution in [-0.4, -0.2) is 59.2 Å². The molecule has 0 aromatic heterocycles. The van der Waals surface area contributed by atoms with Gasteiger partial charge in [-0.25, -0.2) is 0 Å². The summed E-state index contributed by atoms with van der Waals surface area (Å²) in [5.74, 6) is 2.27. The minimum absolute atomic E-state index is 0.145. The molecule has 0 spiro atoms. The molecular weight excluding hydrogens is 404 g/mol. The Balaban J connectivity index is 1.41. The normalized spacial score (nSPS) is 20.5. The van der Waals surface area contributed by atoms with Crippen molar-refractivity contribution >= 4 is 5.69 Å². The minimum Gasteiger partial charge on any atom is -0.494 e. The number of piperidine rings is 1. The molecule has 4 rings (SSSR count). The Labute approximate surface area is 191 Å². The lowest BCUT2D eigenvalue weighted by atomic mass is 9.87. The van der Waals surface area contributed by atoms with E-state index >= 15 is 0 Å². The fourth-order valence-electron chi connectivity index (χ4n) is 4.61. The summed E-state index contributed by atoms with van der Waals surface area (Å²) >= 11 is 0. The van der Waals surface area contributed by atoms with Crippen LogP contribution in [0.3, 0.4) is 0 Å². The Morgan fingerprint density at radius 2 is 2.03 bits per heavy atom. The average Bonchev–Trinajstić information content (AvgIpc) is 2.84. The second-order valence-corrected chi connectivity index (χ2v) is 8.43. The molecule has 0 aliphatic carbocycles. The first kappa shape index (κ1) is 22.9. The van der Waals surface area contributed by atoms with Gasteiger partial charge in [0, 0.05) is 32.7 Å². The van der Waals surface area contributed by atoms with E-state index in [1.807, 2.05) is 6.92 Å². The van der Waals surface area contributed by atoms with Crippen molar-refractivity contribution in [3.8, 4) is 11.5 Å². The Bertz CT molecular complexity index is 842. The van der Waals surface area contributed by atoms with E-state index in [0.29, 0.717) is 19.1 Å². The van der Waals surface area contributed by atoms with Crippen LogP contribution in [0.1, 0.15) is 36.8 Å². The van der Waals surface area contributed by atoms with Gasteiger partial charge >= 0.3 is 0 Å². The maximum atomic E-state index is 6.47. The van der Waals surface area contributed by atoms with Gasteiger partial charge in [-0.2, -0.15) is 0 Å². The third-order valence-corrected chi connectivity index (χ3v) is 6.27. The topological polar surface area (TPSA) is 52.2 Å². The Morgan fingerprint density at radius 3 is 2.84 bits per heavy atom. The molecule has 6 heteroatoms. The van der Waals surface area contributed by atoms with Gasteiger partial charge in [0.15, 0.2) is 0 Å². The Hall–Kier alpha value is -2.28. The number of hydrogen-bond donors (Lipinski definition) is 1. The molecule has 0 saturated carbocycles. The van der Waals surface area contributed by atoms with Gasteiger partial charge in [-0.15, -0.1) is 0 Å². The van der Waals surface area contributed by atoms with E-state index in [9.17, 15) is 0 Å². The lowest BCUT2D eigenvalue weighted by Crippen LogP contribution is -2.41. The van der Waals surface area contributed by atoms with Crippen LogP contribution >= 0.6 is 0 Å². The number of rotatable bonds is 10. The number of methoxy groups -OCH3 is 1. The first-order valence-corrected chi connectivity index (χ1v) is 11.8. The van der Waals surface area contributed by atoms with Crippen molar-refractivity contribution in [2.24, 2.45) is 0 Å². The third-order valence-electron chi connectivity index (χ3n) is 6.27. The third kappa shape index (κ3) is 5.74. The molecule has 2 heterocycles. The molecule has 0 bridgehead atoms. The van der Waals surface area contributed by atoms with Crippen LogP contribution in [0, 0.1) is 0 Å². The second-order valence-electron chi connectivity index (χ2n) is 8.43. The van der Waals surface area contributed by atoms with Gasteiger partial charge in [0.2, 0.25) is 0 Å². The Morgan fingerprint density at radius 1 is 1.16 bits per heavy atom. The van der Waals surface area contributed by atoms with Crippen LogP contribution in [0.15, 0.2) is 42.5 Å². The molecule has 0 unspecified atom stereocenters. The van der Waals surface area contributed by atoms with Crippen molar-refractivity contribution in [2.45, 2.75) is 38.4 Å². The van der Waals surface area contributed by atoms with Crippen molar-refractivity contribution in [3.05, 3.63) is 53.6 Å². The summed E-state index contributed by atoms with van der Waals surface area (Å²) in [6.45, 7) is 8.57. The fraction of sp³-hybridized carbons (Fsp3) is 0.538. The van der Waals surface area contributed by atoms with Crippen LogP contribution in [0.2, 0.25) is 0 Å². The number of benzene rings is 2. The van der Waals surface area contributed by atoms with Crippen LogP contribution in [0.5, 0.6) is 11.5 Å². The standard InChI is InChI=1S/C26H36N2O4/c1-3-30-22-8-6-21(7-9-22)23-11-12-27-18-26(23)32-19-20-5-10-25-24(17-20)28(14-16-31-25)13-4-15-29-2/h5-10,17,23,26-27H,3-4,11-16,18-19H2,1-2H3/t23-,26+/m1/s1. The number of anilines is 1. The van der Waals surface area contributed by atoms with Gasteiger partial charge in [0.1, 0.15) is 18.1 Å². The highest BCUT2D eigenvalue weighted by atomic mass is 16.5. The van der Waals surface area contributed by atoms with Crippen LogP contribution < -0.4 is 19.7 Å². The molecule has 2 aromatic carbocycles. The van der Waals surface area contributed by atoms with Gasteiger partial charge < -0.3 is 29.2 Å². The molecular formula is C26H36N2O4. The highest BCUT2D eigenvalue weighted by Crippen LogP contribution is 2.34. The van der Waals surface area contributed by atoms with E-state index in [-0.39, 0.29) is 6.10 Å². The van der Waals surface area contributed by atoms with E-state index in [1.54, 1.807) is 7.11 Å². The quantitative estimate of drug-likeness (QED) is 0.564. The molecule has 2 aliphatic rings. The lowest BCUT2D eigenvalue weighted by Gasteiger charge is -2.33. The van der Waals surface area contributed by atoms with E-state index in [4.69, 9.17) is 18.9 Å². The van der Waals surface area contributed by atoms with Crippen LogP contribution in [0.25, 0.3) is 0 Å². The molecule has 2 aliphatic heterocycles. The van der Waals surface area contributed by atoms with Crippen molar-refractivity contribution < 1.29 is 18.9 Å². The van der Waals surface area contributed by atoms with Crippen molar-refractivity contribution in [3.63, 3.8) is 0 Å². The van der Waals surface area contributed by atoms with E-state index in [0.717, 1.165) is 63.7 Å². The van der Waals surface area contributed by atoms with Gasteiger partial charge in [-0.05, 0) is 61.7 Å². The maximum Gasteiger partial charge on any atom is 0.142 e. The number of nitrogens with one attached hydrogen (secondary N) is 1. The van der Waals surface area contributed by atoms with Crippen LogP contribution in [0.4, 0.5) is 5.69 Å². The minimum atomic E-state index is 0.145. The Kier molecular flexibility index (Phi) is 8.26. The van der Waals surface area contributed by atoms with Crippen LogP contribution in [-0.2, 0) is 16.1 Å². The van der Waals surface area contributed by atoms with E-state index in [1.165, 1.54) is 16.8 Å². The largest absolute Gasteiger partial charge is 0.494 e. The molecule has 2 atom stereocenters. The summed E-state index contributed by atoms with van der Waals surface area (Å²) in [5, 5.41) is 3.50. The molecule has 32 heavy (non-hydrogen) atoms. The first-order chi connectivity index (χ1) is 15.8. The molecule has 2 aromatic rings. The molecule has 1 saturated heterocycles.